The van der Waals surface area contributed by atoms with Crippen molar-refractivity contribution in [3.05, 3.63) is 29.8 Å². The summed E-state index contributed by atoms with van der Waals surface area (Å²) < 4.78 is 0. The average molecular weight is 357 g/mol. The molecule has 1 saturated heterocycles. The maximum atomic E-state index is 13.0. The van der Waals surface area contributed by atoms with Gasteiger partial charge in [0.05, 0.1) is 0 Å². The third-order valence-corrected chi connectivity index (χ3v) is 5.83. The Morgan fingerprint density at radius 2 is 1.88 bits per heavy atom. The molecule has 2 aliphatic rings. The molecule has 0 spiro atoms. The predicted octanol–water partition coefficient (Wildman–Crippen LogP) is 3.05. The van der Waals surface area contributed by atoms with Crippen LogP contribution in [0.15, 0.2) is 24.3 Å². The molecule has 1 unspecified atom stereocenters. The Morgan fingerprint density at radius 1 is 1.19 bits per heavy atom. The van der Waals surface area contributed by atoms with E-state index in [2.05, 4.69) is 5.32 Å². The zero-order valence-electron chi connectivity index (χ0n) is 16.3. The highest BCUT2D eigenvalue weighted by Gasteiger charge is 2.44. The van der Waals surface area contributed by atoms with E-state index in [1.807, 2.05) is 55.1 Å². The number of nitrogens with one attached hydrogen (secondary N) is 1. The van der Waals surface area contributed by atoms with Crippen molar-refractivity contribution >= 4 is 17.5 Å². The van der Waals surface area contributed by atoms with E-state index in [0.717, 1.165) is 56.3 Å². The Balaban J connectivity index is 1.58. The number of hydrogen-bond donors (Lipinski definition) is 1. The second-order valence-electron chi connectivity index (χ2n) is 8.19. The van der Waals surface area contributed by atoms with Gasteiger partial charge in [-0.3, -0.25) is 9.59 Å². The van der Waals surface area contributed by atoms with Gasteiger partial charge in [0.25, 0.3) is 5.91 Å². The third-order valence-electron chi connectivity index (χ3n) is 5.83. The van der Waals surface area contributed by atoms with Crippen LogP contribution < -0.4 is 10.2 Å². The lowest BCUT2D eigenvalue weighted by Gasteiger charge is -2.36. The molecule has 26 heavy (non-hydrogen) atoms. The summed E-state index contributed by atoms with van der Waals surface area (Å²) in [4.78, 5) is 29.1. The number of carbonyl (C=O) groups excluding carboxylic acids is 2. The maximum Gasteiger partial charge on any atom is 0.254 e. The number of carbonyl (C=O) groups is 2. The molecule has 2 amide bonds. The number of piperidine rings is 1. The molecule has 1 saturated carbocycles. The van der Waals surface area contributed by atoms with E-state index in [4.69, 9.17) is 0 Å². The first kappa shape index (κ1) is 18.7. The van der Waals surface area contributed by atoms with Crippen molar-refractivity contribution in [2.75, 3.05) is 32.1 Å². The third kappa shape index (κ3) is 4.19. The van der Waals surface area contributed by atoms with Crippen LogP contribution in [0.25, 0.3) is 0 Å². The molecule has 1 N–H and O–H groups in total. The van der Waals surface area contributed by atoms with E-state index in [0.29, 0.717) is 6.54 Å². The van der Waals surface area contributed by atoms with Crippen LogP contribution in [0, 0.1) is 5.41 Å². The first-order chi connectivity index (χ1) is 12.4. The number of nitrogens with zero attached hydrogens (tertiary/aromatic N) is 2. The molecule has 1 heterocycles. The normalized spacial score (nSPS) is 21.2. The lowest BCUT2D eigenvalue weighted by molar-refractivity contribution is -0.125. The second kappa shape index (κ2) is 7.68. The molecule has 142 valence electrons. The average Bonchev–Trinajstić information content (AvgIpc) is 3.40. The molecule has 1 aromatic rings. The Labute approximate surface area is 156 Å². The quantitative estimate of drug-likeness (QED) is 0.851. The summed E-state index contributed by atoms with van der Waals surface area (Å²) in [7, 11) is 3.99. The van der Waals surface area contributed by atoms with Crippen LogP contribution in [0.2, 0.25) is 0 Å². The van der Waals surface area contributed by atoms with Crippen LogP contribution in [0.1, 0.15) is 55.8 Å². The molecule has 0 radical (unpaired) electrons. The molecule has 1 aromatic carbocycles. The van der Waals surface area contributed by atoms with Crippen LogP contribution in [0.4, 0.5) is 5.69 Å². The van der Waals surface area contributed by atoms with Gasteiger partial charge in [-0.05, 0) is 62.8 Å². The van der Waals surface area contributed by atoms with Crippen molar-refractivity contribution in [1.29, 1.82) is 0 Å². The van der Waals surface area contributed by atoms with Crippen LogP contribution in [0.3, 0.4) is 0 Å². The zero-order chi connectivity index (χ0) is 18.7. The molecular formula is C21H31N3O2. The highest BCUT2D eigenvalue weighted by molar-refractivity contribution is 5.94. The summed E-state index contributed by atoms with van der Waals surface area (Å²) >= 11 is 0. The van der Waals surface area contributed by atoms with Gasteiger partial charge in [0.1, 0.15) is 0 Å². The van der Waals surface area contributed by atoms with Crippen molar-refractivity contribution < 1.29 is 9.59 Å². The molecule has 1 aliphatic carbocycles. The molecule has 1 aliphatic heterocycles. The Hall–Kier alpha value is -2.04. The van der Waals surface area contributed by atoms with E-state index < -0.39 is 0 Å². The van der Waals surface area contributed by atoms with Gasteiger partial charge in [0.2, 0.25) is 5.91 Å². The molecule has 2 fully saturated rings. The largest absolute Gasteiger partial charge is 0.378 e. The van der Waals surface area contributed by atoms with Crippen molar-refractivity contribution in [3.63, 3.8) is 0 Å². The molecule has 3 rings (SSSR count). The van der Waals surface area contributed by atoms with Crippen LogP contribution in [0.5, 0.6) is 0 Å². The van der Waals surface area contributed by atoms with Gasteiger partial charge in [0.15, 0.2) is 0 Å². The summed E-state index contributed by atoms with van der Waals surface area (Å²) in [5.74, 6) is 0.283. The fourth-order valence-corrected chi connectivity index (χ4v) is 3.62. The van der Waals surface area contributed by atoms with E-state index in [9.17, 15) is 9.59 Å². The van der Waals surface area contributed by atoms with Gasteiger partial charge in [-0.15, -0.1) is 0 Å². The molecule has 5 heteroatoms. The number of anilines is 1. The number of hydrogen-bond acceptors (Lipinski definition) is 3. The number of benzene rings is 1. The fourth-order valence-electron chi connectivity index (χ4n) is 3.62. The van der Waals surface area contributed by atoms with Crippen molar-refractivity contribution in [1.82, 2.24) is 10.2 Å². The molecular weight excluding hydrogens is 326 g/mol. The SMILES string of the molecule is CN(C)c1ccc(C(=O)N2CCCCC2CCNC(=O)C2(C)CC2)cc1. The molecule has 5 nitrogen and oxygen atoms in total. The summed E-state index contributed by atoms with van der Waals surface area (Å²) in [6, 6.07) is 8.03. The summed E-state index contributed by atoms with van der Waals surface area (Å²) in [6.07, 6.45) is 6.06. The maximum absolute atomic E-state index is 13.0. The topological polar surface area (TPSA) is 52.7 Å². The first-order valence-electron chi connectivity index (χ1n) is 9.77. The fraction of sp³-hybridized carbons (Fsp3) is 0.619. The van der Waals surface area contributed by atoms with Crippen LogP contribution in [-0.2, 0) is 4.79 Å². The molecule has 0 aromatic heterocycles. The number of amides is 2. The Kier molecular flexibility index (Phi) is 5.54. The Bertz CT molecular complexity index is 650. The highest BCUT2D eigenvalue weighted by atomic mass is 16.2. The first-order valence-corrected chi connectivity index (χ1v) is 9.77. The summed E-state index contributed by atoms with van der Waals surface area (Å²) in [5.41, 5.74) is 1.71. The van der Waals surface area contributed by atoms with E-state index in [1.165, 1.54) is 0 Å². The van der Waals surface area contributed by atoms with Gasteiger partial charge < -0.3 is 15.1 Å². The summed E-state index contributed by atoms with van der Waals surface area (Å²) in [5, 5.41) is 3.07. The van der Waals surface area contributed by atoms with Gasteiger partial charge in [0, 0.05) is 49.9 Å². The van der Waals surface area contributed by atoms with Crippen molar-refractivity contribution in [2.45, 2.75) is 51.5 Å². The molecule has 0 bridgehead atoms. The van der Waals surface area contributed by atoms with Crippen LogP contribution >= 0.6 is 0 Å². The number of rotatable bonds is 6. The number of likely N-dealkylation sites (tertiary alicyclic amines) is 1. The molecule has 1 atom stereocenters. The zero-order valence-corrected chi connectivity index (χ0v) is 16.3. The lowest BCUT2D eigenvalue weighted by Crippen LogP contribution is -2.45. The minimum absolute atomic E-state index is 0.112. The smallest absolute Gasteiger partial charge is 0.254 e. The second-order valence-corrected chi connectivity index (χ2v) is 8.19. The minimum Gasteiger partial charge on any atom is -0.378 e. The van der Waals surface area contributed by atoms with E-state index >= 15 is 0 Å². The van der Waals surface area contributed by atoms with Crippen LogP contribution in [-0.4, -0.2) is 49.9 Å². The minimum atomic E-state index is -0.129. The highest BCUT2D eigenvalue weighted by Crippen LogP contribution is 2.44. The van der Waals surface area contributed by atoms with E-state index in [1.54, 1.807) is 0 Å². The van der Waals surface area contributed by atoms with Gasteiger partial charge in [-0.2, -0.15) is 0 Å². The lowest BCUT2D eigenvalue weighted by atomic mass is 9.98. The van der Waals surface area contributed by atoms with Gasteiger partial charge in [-0.1, -0.05) is 6.92 Å². The van der Waals surface area contributed by atoms with E-state index in [-0.39, 0.29) is 23.3 Å². The van der Waals surface area contributed by atoms with Crippen molar-refractivity contribution in [3.8, 4) is 0 Å². The predicted molar refractivity (Wildman–Crippen MR) is 104 cm³/mol. The summed E-state index contributed by atoms with van der Waals surface area (Å²) in [6.45, 7) is 3.49. The monoisotopic (exact) mass is 357 g/mol. The Morgan fingerprint density at radius 3 is 2.50 bits per heavy atom. The standard InChI is InChI=1S/C21H31N3O2/c1-21(12-13-21)20(26)22-14-11-18-6-4-5-15-24(18)19(25)16-7-9-17(10-8-16)23(2)3/h7-10,18H,4-6,11-15H2,1-3H3,(H,22,26). The van der Waals surface area contributed by atoms with Gasteiger partial charge >= 0.3 is 0 Å². The van der Waals surface area contributed by atoms with Crippen molar-refractivity contribution in [2.24, 2.45) is 5.41 Å². The van der Waals surface area contributed by atoms with Gasteiger partial charge in [-0.25, -0.2) is 0 Å².